The highest BCUT2D eigenvalue weighted by Gasteiger charge is 2.09. The van der Waals surface area contributed by atoms with Gasteiger partial charge < -0.3 is 4.90 Å². The van der Waals surface area contributed by atoms with Gasteiger partial charge >= 0.3 is 0 Å². The number of carbonyl (C=O) groups is 1. The highest BCUT2D eigenvalue weighted by atomic mass is 79.9. The van der Waals surface area contributed by atoms with Gasteiger partial charge in [-0.25, -0.2) is 0 Å². The lowest BCUT2D eigenvalue weighted by Crippen LogP contribution is -2.25. The molecule has 1 aromatic rings. The van der Waals surface area contributed by atoms with Crippen molar-refractivity contribution in [1.29, 1.82) is 0 Å². The summed E-state index contributed by atoms with van der Waals surface area (Å²) in [4.78, 5) is 14.9. The van der Waals surface area contributed by atoms with E-state index in [0.29, 0.717) is 6.42 Å². The minimum atomic E-state index is 0.255. The van der Waals surface area contributed by atoms with Crippen LogP contribution in [-0.4, -0.2) is 17.9 Å². The van der Waals surface area contributed by atoms with Gasteiger partial charge in [-0.15, -0.1) is 11.3 Å². The first kappa shape index (κ1) is 14.7. The fourth-order valence-corrected chi connectivity index (χ4v) is 3.16. The maximum absolute atomic E-state index is 11.8. The van der Waals surface area contributed by atoms with Gasteiger partial charge in [0.15, 0.2) is 0 Å². The molecule has 17 heavy (non-hydrogen) atoms. The van der Waals surface area contributed by atoms with E-state index >= 15 is 0 Å². The molecule has 0 bridgehead atoms. The molecule has 1 aromatic heterocycles. The number of halogens is 1. The molecule has 0 saturated carbocycles. The summed E-state index contributed by atoms with van der Waals surface area (Å²) in [6.07, 6.45) is 5.32. The fraction of sp³-hybridized carbons (Fsp3) is 0.615. The highest BCUT2D eigenvalue weighted by Crippen LogP contribution is 2.21. The van der Waals surface area contributed by atoms with E-state index in [4.69, 9.17) is 0 Å². The topological polar surface area (TPSA) is 20.3 Å². The van der Waals surface area contributed by atoms with Gasteiger partial charge in [-0.2, -0.15) is 0 Å². The van der Waals surface area contributed by atoms with Crippen molar-refractivity contribution in [2.24, 2.45) is 0 Å². The Morgan fingerprint density at radius 2 is 2.18 bits per heavy atom. The Balaban J connectivity index is 2.27. The lowest BCUT2D eigenvalue weighted by molar-refractivity contribution is -0.130. The third-order valence-electron chi connectivity index (χ3n) is 2.68. The van der Waals surface area contributed by atoms with E-state index < -0.39 is 0 Å². The van der Waals surface area contributed by atoms with Crippen molar-refractivity contribution in [1.82, 2.24) is 4.90 Å². The van der Waals surface area contributed by atoms with Crippen molar-refractivity contribution in [3.05, 3.63) is 20.8 Å². The number of thiophene rings is 1. The molecule has 0 aliphatic carbocycles. The van der Waals surface area contributed by atoms with Crippen molar-refractivity contribution < 1.29 is 4.79 Å². The number of hydrogen-bond acceptors (Lipinski definition) is 2. The van der Waals surface area contributed by atoms with E-state index in [0.717, 1.165) is 17.4 Å². The first-order valence-corrected chi connectivity index (χ1v) is 7.77. The van der Waals surface area contributed by atoms with E-state index in [1.54, 1.807) is 11.3 Å². The van der Waals surface area contributed by atoms with Gasteiger partial charge in [0.25, 0.3) is 0 Å². The van der Waals surface area contributed by atoms with Crippen LogP contribution in [0.2, 0.25) is 0 Å². The van der Waals surface area contributed by atoms with Gasteiger partial charge in [-0.1, -0.05) is 26.2 Å². The third-order valence-corrected chi connectivity index (χ3v) is 4.37. The summed E-state index contributed by atoms with van der Waals surface area (Å²) < 4.78 is 1.10. The predicted octanol–water partition coefficient (Wildman–Crippen LogP) is 4.44. The van der Waals surface area contributed by atoms with Gasteiger partial charge in [0.1, 0.15) is 0 Å². The van der Waals surface area contributed by atoms with Crippen LogP contribution in [0.15, 0.2) is 15.9 Å². The van der Waals surface area contributed by atoms with E-state index in [1.807, 2.05) is 11.9 Å². The van der Waals surface area contributed by atoms with Crippen LogP contribution < -0.4 is 0 Å². The molecule has 0 aliphatic rings. The molecule has 0 radical (unpaired) electrons. The maximum Gasteiger partial charge on any atom is 0.222 e. The van der Waals surface area contributed by atoms with E-state index in [9.17, 15) is 4.79 Å². The van der Waals surface area contributed by atoms with Crippen LogP contribution >= 0.6 is 27.3 Å². The van der Waals surface area contributed by atoms with Crippen LogP contribution in [-0.2, 0) is 11.3 Å². The molecule has 0 saturated heterocycles. The van der Waals surface area contributed by atoms with Gasteiger partial charge in [0, 0.05) is 28.2 Å². The summed E-state index contributed by atoms with van der Waals surface area (Å²) in [7, 11) is 1.88. The van der Waals surface area contributed by atoms with E-state index in [-0.39, 0.29) is 5.91 Å². The summed E-state index contributed by atoms with van der Waals surface area (Å²) in [5.74, 6) is 0.255. The average Bonchev–Trinajstić information content (AvgIpc) is 2.70. The highest BCUT2D eigenvalue weighted by molar-refractivity contribution is 9.10. The van der Waals surface area contributed by atoms with E-state index in [1.165, 1.54) is 24.1 Å². The summed E-state index contributed by atoms with van der Waals surface area (Å²) in [6.45, 7) is 2.91. The third kappa shape index (κ3) is 5.68. The minimum absolute atomic E-state index is 0.255. The van der Waals surface area contributed by atoms with Crippen molar-refractivity contribution in [2.45, 2.75) is 45.6 Å². The molecule has 4 heteroatoms. The van der Waals surface area contributed by atoms with Crippen molar-refractivity contribution in [3.63, 3.8) is 0 Å². The number of nitrogens with zero attached hydrogens (tertiary/aromatic N) is 1. The molecule has 1 amide bonds. The molecule has 0 spiro atoms. The van der Waals surface area contributed by atoms with Gasteiger partial charge in [0.05, 0.1) is 6.54 Å². The molecule has 0 aliphatic heterocycles. The van der Waals surface area contributed by atoms with Crippen LogP contribution in [0.3, 0.4) is 0 Å². The van der Waals surface area contributed by atoms with Crippen LogP contribution in [0.25, 0.3) is 0 Å². The van der Waals surface area contributed by atoms with Gasteiger partial charge in [-0.3, -0.25) is 4.79 Å². The molecule has 0 N–H and O–H groups in total. The lowest BCUT2D eigenvalue weighted by Gasteiger charge is -2.16. The lowest BCUT2D eigenvalue weighted by atomic mass is 10.1. The molecule has 1 rings (SSSR count). The number of carbonyl (C=O) groups excluding carboxylic acids is 1. The molecule has 96 valence electrons. The van der Waals surface area contributed by atoms with Crippen LogP contribution in [0, 0.1) is 0 Å². The predicted molar refractivity (Wildman–Crippen MR) is 77.3 cm³/mol. The molecule has 0 unspecified atom stereocenters. The SMILES string of the molecule is CCCCCCC(=O)N(C)Cc1cc(Br)cs1. The second-order valence-corrected chi connectivity index (χ2v) is 6.20. The first-order valence-electron chi connectivity index (χ1n) is 6.10. The molecule has 2 nitrogen and oxygen atoms in total. The van der Waals surface area contributed by atoms with Crippen LogP contribution in [0.5, 0.6) is 0 Å². The summed E-state index contributed by atoms with van der Waals surface area (Å²) in [5, 5.41) is 2.05. The number of hydrogen-bond donors (Lipinski definition) is 0. The number of amides is 1. The largest absolute Gasteiger partial charge is 0.341 e. The molecular formula is C13H20BrNOS. The molecule has 1 heterocycles. The van der Waals surface area contributed by atoms with Crippen molar-refractivity contribution in [2.75, 3.05) is 7.05 Å². The molecule has 0 aromatic carbocycles. The van der Waals surface area contributed by atoms with Crippen LogP contribution in [0.4, 0.5) is 0 Å². The summed E-state index contributed by atoms with van der Waals surface area (Å²) in [5.41, 5.74) is 0. The summed E-state index contributed by atoms with van der Waals surface area (Å²) in [6, 6.07) is 2.07. The normalized spacial score (nSPS) is 10.5. The quantitative estimate of drug-likeness (QED) is 0.681. The zero-order valence-electron chi connectivity index (χ0n) is 10.5. The van der Waals surface area contributed by atoms with Gasteiger partial charge in [-0.05, 0) is 28.4 Å². The summed E-state index contributed by atoms with van der Waals surface area (Å²) >= 11 is 5.11. The monoisotopic (exact) mass is 317 g/mol. The van der Waals surface area contributed by atoms with Crippen molar-refractivity contribution in [3.8, 4) is 0 Å². The Kier molecular flexibility index (Phi) is 6.82. The zero-order valence-corrected chi connectivity index (χ0v) is 12.9. The Hall–Kier alpha value is -0.350. The Bertz CT molecular complexity index is 351. The zero-order chi connectivity index (χ0) is 12.7. The van der Waals surface area contributed by atoms with E-state index in [2.05, 4.69) is 34.3 Å². The number of unbranched alkanes of at least 4 members (excludes halogenated alkanes) is 3. The minimum Gasteiger partial charge on any atom is -0.341 e. The van der Waals surface area contributed by atoms with Gasteiger partial charge in [0.2, 0.25) is 5.91 Å². The fourth-order valence-electron chi connectivity index (χ4n) is 1.65. The second kappa shape index (κ2) is 7.88. The maximum atomic E-state index is 11.8. The molecular weight excluding hydrogens is 298 g/mol. The molecule has 0 fully saturated rings. The smallest absolute Gasteiger partial charge is 0.222 e. The second-order valence-electron chi connectivity index (χ2n) is 4.29. The Morgan fingerprint density at radius 1 is 1.41 bits per heavy atom. The first-order chi connectivity index (χ1) is 8.13. The number of rotatable bonds is 7. The van der Waals surface area contributed by atoms with Crippen LogP contribution in [0.1, 0.15) is 43.9 Å². The standard InChI is InChI=1S/C13H20BrNOS/c1-3-4-5-6-7-13(16)15(2)9-12-8-11(14)10-17-12/h8,10H,3-7,9H2,1-2H3. The van der Waals surface area contributed by atoms with Crippen molar-refractivity contribution >= 4 is 33.2 Å². The molecule has 0 atom stereocenters. The Labute approximate surface area is 116 Å². The Morgan fingerprint density at radius 3 is 2.76 bits per heavy atom. The average molecular weight is 318 g/mol.